The smallest absolute Gasteiger partial charge is 0.326 e. The van der Waals surface area contributed by atoms with Crippen molar-refractivity contribution in [2.24, 2.45) is 0 Å². The molecule has 124 valence electrons. The van der Waals surface area contributed by atoms with Crippen LogP contribution in [0.15, 0.2) is 42.5 Å². The van der Waals surface area contributed by atoms with Crippen LogP contribution < -0.4 is 5.32 Å². The van der Waals surface area contributed by atoms with E-state index in [1.807, 2.05) is 48.5 Å². The molecule has 2 rings (SSSR count). The number of amides is 1. The zero-order valence-corrected chi connectivity index (χ0v) is 13.4. The summed E-state index contributed by atoms with van der Waals surface area (Å²) in [5, 5.41) is 22.4. The van der Waals surface area contributed by atoms with Gasteiger partial charge in [0, 0.05) is 6.42 Å². The minimum Gasteiger partial charge on any atom is -0.480 e. The molecule has 1 atom stereocenters. The average molecular weight is 324 g/mol. The number of hydrogen-bond acceptors (Lipinski definition) is 3. The van der Waals surface area contributed by atoms with E-state index in [2.05, 4.69) is 5.32 Å². The van der Waals surface area contributed by atoms with E-state index in [1.165, 1.54) is 0 Å². The highest BCUT2D eigenvalue weighted by atomic mass is 16.4. The molecule has 2 aromatic rings. The summed E-state index contributed by atoms with van der Waals surface area (Å²) in [6.45, 7) is 0. The third-order valence-electron chi connectivity index (χ3n) is 3.84. The lowest BCUT2D eigenvalue weighted by Gasteiger charge is -2.14. The maximum Gasteiger partial charge on any atom is 0.326 e. The zero-order chi connectivity index (χ0) is 17.4. The molecular weight excluding hydrogens is 304 g/mol. The molecule has 0 saturated carbocycles. The number of carboxylic acid groups (broad SMARTS) is 1. The van der Waals surface area contributed by atoms with Crippen LogP contribution >= 0.6 is 0 Å². The number of fused-ring (bicyclic) bond motifs is 1. The van der Waals surface area contributed by atoms with Crippen LogP contribution in [-0.2, 0) is 16.0 Å². The van der Waals surface area contributed by atoms with Gasteiger partial charge in [0.1, 0.15) is 6.04 Å². The Bertz CT molecular complexity index is 765. The summed E-state index contributed by atoms with van der Waals surface area (Å²) in [5.41, 5.74) is 0.847. The summed E-state index contributed by atoms with van der Waals surface area (Å²) in [4.78, 5) is 23.4. The molecule has 0 heterocycles. The lowest BCUT2D eigenvalue weighted by molar-refractivity contribution is -0.142. The summed E-state index contributed by atoms with van der Waals surface area (Å²) in [5.74, 6) is -1.35. The standard InChI is InChI=1S/C19H20N2O3/c20-11-5-1-2-8-17(19(23)24)21-18(22)13-14-9-10-15-6-3-4-7-16(15)12-14/h3-4,6-7,9-10,12,17H,1-2,5,8,13H2,(H,21,22)(H,23,24)/t17-/m0/s1. The third kappa shape index (κ3) is 5.10. The van der Waals surface area contributed by atoms with E-state index < -0.39 is 12.0 Å². The molecule has 2 aromatic carbocycles. The van der Waals surface area contributed by atoms with Gasteiger partial charge in [-0.3, -0.25) is 4.79 Å². The highest BCUT2D eigenvalue weighted by Crippen LogP contribution is 2.16. The Hall–Kier alpha value is -2.87. The van der Waals surface area contributed by atoms with Crippen molar-refractivity contribution in [1.82, 2.24) is 5.32 Å². The molecule has 0 aliphatic carbocycles. The Kier molecular flexibility index (Phi) is 6.32. The lowest BCUT2D eigenvalue weighted by Crippen LogP contribution is -2.41. The van der Waals surface area contributed by atoms with Crippen LogP contribution in [-0.4, -0.2) is 23.0 Å². The fourth-order valence-corrected chi connectivity index (χ4v) is 2.59. The molecule has 0 radical (unpaired) electrons. The second-order valence-corrected chi connectivity index (χ2v) is 5.72. The number of benzene rings is 2. The molecule has 0 unspecified atom stereocenters. The van der Waals surface area contributed by atoms with Crippen LogP contribution in [0.2, 0.25) is 0 Å². The summed E-state index contributed by atoms with van der Waals surface area (Å²) in [6.07, 6.45) is 2.12. The molecule has 0 spiro atoms. The van der Waals surface area contributed by atoms with E-state index in [-0.39, 0.29) is 12.3 Å². The molecule has 0 aromatic heterocycles. The average Bonchev–Trinajstić information content (AvgIpc) is 2.57. The van der Waals surface area contributed by atoms with Gasteiger partial charge in [-0.2, -0.15) is 5.26 Å². The van der Waals surface area contributed by atoms with Gasteiger partial charge in [-0.15, -0.1) is 0 Å². The van der Waals surface area contributed by atoms with Crippen LogP contribution in [0.1, 0.15) is 31.2 Å². The van der Waals surface area contributed by atoms with Gasteiger partial charge in [0.25, 0.3) is 0 Å². The number of carbonyl (C=O) groups excluding carboxylic acids is 1. The van der Waals surface area contributed by atoms with Crippen LogP contribution in [0.4, 0.5) is 0 Å². The Morgan fingerprint density at radius 1 is 1.12 bits per heavy atom. The number of aliphatic carboxylic acids is 1. The van der Waals surface area contributed by atoms with E-state index in [0.29, 0.717) is 25.7 Å². The Labute approximate surface area is 140 Å². The van der Waals surface area contributed by atoms with E-state index in [1.54, 1.807) is 0 Å². The van der Waals surface area contributed by atoms with E-state index in [0.717, 1.165) is 16.3 Å². The molecule has 1 amide bonds. The van der Waals surface area contributed by atoms with Crippen molar-refractivity contribution in [3.05, 3.63) is 48.0 Å². The highest BCUT2D eigenvalue weighted by Gasteiger charge is 2.19. The minimum atomic E-state index is -1.04. The summed E-state index contributed by atoms with van der Waals surface area (Å²) < 4.78 is 0. The molecule has 24 heavy (non-hydrogen) atoms. The highest BCUT2D eigenvalue weighted by molar-refractivity contribution is 5.87. The van der Waals surface area contributed by atoms with Crippen molar-refractivity contribution in [3.63, 3.8) is 0 Å². The van der Waals surface area contributed by atoms with Crippen LogP contribution in [0.25, 0.3) is 10.8 Å². The lowest BCUT2D eigenvalue weighted by atomic mass is 10.0. The van der Waals surface area contributed by atoms with Gasteiger partial charge in [-0.25, -0.2) is 4.79 Å². The topological polar surface area (TPSA) is 90.2 Å². The van der Waals surface area contributed by atoms with E-state index in [9.17, 15) is 14.7 Å². The normalized spacial score (nSPS) is 11.6. The molecule has 0 bridgehead atoms. The summed E-state index contributed by atoms with van der Waals surface area (Å²) in [6, 6.07) is 14.8. The van der Waals surface area contributed by atoms with Gasteiger partial charge in [0.15, 0.2) is 0 Å². The molecule has 2 N–H and O–H groups in total. The van der Waals surface area contributed by atoms with Gasteiger partial charge in [-0.1, -0.05) is 42.5 Å². The van der Waals surface area contributed by atoms with Gasteiger partial charge in [0.05, 0.1) is 12.5 Å². The number of hydrogen-bond donors (Lipinski definition) is 2. The fourth-order valence-electron chi connectivity index (χ4n) is 2.59. The van der Waals surface area contributed by atoms with Crippen LogP contribution in [0.3, 0.4) is 0 Å². The maximum absolute atomic E-state index is 12.1. The molecule has 0 saturated heterocycles. The second-order valence-electron chi connectivity index (χ2n) is 5.72. The Morgan fingerprint density at radius 2 is 1.88 bits per heavy atom. The number of nitrogens with zero attached hydrogens (tertiary/aromatic N) is 1. The van der Waals surface area contributed by atoms with E-state index in [4.69, 9.17) is 5.26 Å². The molecule has 0 aliphatic heterocycles. The first kappa shape index (κ1) is 17.5. The van der Waals surface area contributed by atoms with Crippen molar-refractivity contribution >= 4 is 22.6 Å². The third-order valence-corrected chi connectivity index (χ3v) is 3.84. The van der Waals surface area contributed by atoms with Crippen LogP contribution in [0, 0.1) is 11.3 Å². The number of nitrogens with one attached hydrogen (secondary N) is 1. The number of nitriles is 1. The van der Waals surface area contributed by atoms with E-state index >= 15 is 0 Å². The number of rotatable bonds is 8. The first-order valence-electron chi connectivity index (χ1n) is 7.97. The Balaban J connectivity index is 1.94. The van der Waals surface area contributed by atoms with Gasteiger partial charge >= 0.3 is 5.97 Å². The number of carbonyl (C=O) groups is 2. The molecule has 0 fully saturated rings. The number of carboxylic acids is 1. The van der Waals surface area contributed by atoms with Gasteiger partial charge in [-0.05, 0) is 35.6 Å². The second kappa shape index (κ2) is 8.68. The zero-order valence-electron chi connectivity index (χ0n) is 13.4. The fraction of sp³-hybridized carbons (Fsp3) is 0.316. The monoisotopic (exact) mass is 324 g/mol. The van der Waals surface area contributed by atoms with Crippen molar-refractivity contribution in [2.75, 3.05) is 0 Å². The molecular formula is C19H20N2O3. The van der Waals surface area contributed by atoms with Gasteiger partial charge in [0.2, 0.25) is 5.91 Å². The quantitative estimate of drug-likeness (QED) is 0.730. The SMILES string of the molecule is N#CCCCC[C@H](NC(=O)Cc1ccc2ccccc2c1)C(=O)O. The summed E-state index contributed by atoms with van der Waals surface area (Å²) in [7, 11) is 0. The first-order chi connectivity index (χ1) is 11.6. The van der Waals surface area contributed by atoms with Crippen molar-refractivity contribution in [1.29, 1.82) is 5.26 Å². The predicted octanol–water partition coefficient (Wildman–Crippen LogP) is 3.04. The maximum atomic E-state index is 12.1. The largest absolute Gasteiger partial charge is 0.480 e. The molecule has 0 aliphatic rings. The van der Waals surface area contributed by atoms with Crippen molar-refractivity contribution < 1.29 is 14.7 Å². The number of unbranched alkanes of at least 4 members (excludes halogenated alkanes) is 2. The van der Waals surface area contributed by atoms with Crippen molar-refractivity contribution in [2.45, 2.75) is 38.1 Å². The molecule has 5 heteroatoms. The predicted molar refractivity (Wildman–Crippen MR) is 91.3 cm³/mol. The van der Waals surface area contributed by atoms with Crippen LogP contribution in [0.5, 0.6) is 0 Å². The van der Waals surface area contributed by atoms with Gasteiger partial charge < -0.3 is 10.4 Å². The first-order valence-corrected chi connectivity index (χ1v) is 7.97. The minimum absolute atomic E-state index is 0.146. The Morgan fingerprint density at radius 3 is 2.58 bits per heavy atom. The summed E-state index contributed by atoms with van der Waals surface area (Å²) >= 11 is 0. The molecule has 5 nitrogen and oxygen atoms in total. The van der Waals surface area contributed by atoms with Crippen molar-refractivity contribution in [3.8, 4) is 6.07 Å².